The van der Waals surface area contributed by atoms with E-state index >= 15 is 0 Å². The number of aryl methyl sites for hydroxylation is 1. The van der Waals surface area contributed by atoms with Gasteiger partial charge in [-0.25, -0.2) is 18.7 Å². The highest BCUT2D eigenvalue weighted by Crippen LogP contribution is 2.19. The number of hydrogen-bond acceptors (Lipinski definition) is 4. The minimum atomic E-state index is -0.533. The Balaban J connectivity index is 1.52. The number of piperidine rings is 1. The number of anilines is 1. The fraction of sp³-hybridized carbons (Fsp3) is 0.412. The normalized spacial score (nSPS) is 16.5. The molecule has 1 aliphatic heterocycles. The van der Waals surface area contributed by atoms with E-state index in [1.165, 1.54) is 12.1 Å². The molecule has 0 bridgehead atoms. The van der Waals surface area contributed by atoms with Crippen LogP contribution in [0.1, 0.15) is 24.1 Å². The molecule has 1 aliphatic rings. The average Bonchev–Trinajstić information content (AvgIpc) is 2.52. The minimum absolute atomic E-state index is 0.360. The van der Waals surface area contributed by atoms with Crippen molar-refractivity contribution in [3.63, 3.8) is 0 Å². The lowest BCUT2D eigenvalue weighted by Gasteiger charge is -2.32. The Morgan fingerprint density at radius 3 is 2.65 bits per heavy atom. The van der Waals surface area contributed by atoms with Crippen molar-refractivity contribution in [3.05, 3.63) is 53.5 Å². The molecule has 1 saturated heterocycles. The van der Waals surface area contributed by atoms with Crippen LogP contribution in [0.5, 0.6) is 0 Å². The van der Waals surface area contributed by atoms with Crippen LogP contribution in [0.15, 0.2) is 30.6 Å². The Labute approximate surface area is 134 Å². The second-order valence-corrected chi connectivity index (χ2v) is 5.98. The number of benzene rings is 1. The van der Waals surface area contributed by atoms with Crippen molar-refractivity contribution < 1.29 is 8.78 Å². The standard InChI is InChI=1S/C17H20F2N4/c1-12-8-17(21-11-20-12)22-15-4-6-23(7-5-15)10-13-2-3-14(18)9-16(13)19/h2-3,8-9,11,15H,4-7,10H2,1H3,(H,20,21,22). The van der Waals surface area contributed by atoms with Crippen LogP contribution < -0.4 is 5.32 Å². The van der Waals surface area contributed by atoms with Gasteiger partial charge in [-0.2, -0.15) is 0 Å². The molecule has 0 amide bonds. The molecule has 3 rings (SSSR count). The molecular weight excluding hydrogens is 298 g/mol. The van der Waals surface area contributed by atoms with E-state index < -0.39 is 11.6 Å². The lowest BCUT2D eigenvalue weighted by molar-refractivity contribution is 0.208. The summed E-state index contributed by atoms with van der Waals surface area (Å²) >= 11 is 0. The second kappa shape index (κ2) is 7.00. The number of likely N-dealkylation sites (tertiary alicyclic amines) is 1. The highest BCUT2D eigenvalue weighted by Gasteiger charge is 2.20. The number of halogens is 2. The van der Waals surface area contributed by atoms with Crippen LogP contribution in [-0.2, 0) is 6.54 Å². The monoisotopic (exact) mass is 318 g/mol. The third-order valence-electron chi connectivity index (χ3n) is 4.15. The Morgan fingerprint density at radius 2 is 1.96 bits per heavy atom. The van der Waals surface area contributed by atoms with Crippen LogP contribution in [0, 0.1) is 18.6 Å². The summed E-state index contributed by atoms with van der Waals surface area (Å²) in [7, 11) is 0. The molecule has 122 valence electrons. The van der Waals surface area contributed by atoms with Gasteiger partial charge in [0.2, 0.25) is 0 Å². The zero-order chi connectivity index (χ0) is 16.2. The van der Waals surface area contributed by atoms with Crippen molar-refractivity contribution in [1.82, 2.24) is 14.9 Å². The molecule has 0 radical (unpaired) electrons. The Morgan fingerprint density at radius 1 is 1.17 bits per heavy atom. The first-order valence-electron chi connectivity index (χ1n) is 7.81. The van der Waals surface area contributed by atoms with Crippen molar-refractivity contribution >= 4 is 5.82 Å². The predicted molar refractivity (Wildman–Crippen MR) is 85.0 cm³/mol. The largest absolute Gasteiger partial charge is 0.367 e. The van der Waals surface area contributed by atoms with Crippen LogP contribution in [0.25, 0.3) is 0 Å². The van der Waals surface area contributed by atoms with Gasteiger partial charge in [0.25, 0.3) is 0 Å². The lowest BCUT2D eigenvalue weighted by Crippen LogP contribution is -2.39. The molecule has 6 heteroatoms. The molecule has 1 fully saturated rings. The number of aromatic nitrogens is 2. The quantitative estimate of drug-likeness (QED) is 0.940. The zero-order valence-electron chi connectivity index (χ0n) is 13.1. The van der Waals surface area contributed by atoms with Gasteiger partial charge in [0.15, 0.2) is 0 Å². The second-order valence-electron chi connectivity index (χ2n) is 5.98. The molecule has 23 heavy (non-hydrogen) atoms. The van der Waals surface area contributed by atoms with Crippen molar-refractivity contribution in [2.75, 3.05) is 18.4 Å². The maximum Gasteiger partial charge on any atom is 0.130 e. The number of hydrogen-bond donors (Lipinski definition) is 1. The van der Waals surface area contributed by atoms with Crippen LogP contribution in [-0.4, -0.2) is 34.0 Å². The molecule has 1 N–H and O–H groups in total. The molecule has 0 aliphatic carbocycles. The Bertz CT molecular complexity index is 669. The highest BCUT2D eigenvalue weighted by atomic mass is 19.1. The third-order valence-corrected chi connectivity index (χ3v) is 4.15. The van der Waals surface area contributed by atoms with Gasteiger partial charge >= 0.3 is 0 Å². The van der Waals surface area contributed by atoms with Crippen molar-refractivity contribution in [2.45, 2.75) is 32.4 Å². The molecule has 0 saturated carbocycles. The van der Waals surface area contributed by atoms with Crippen LogP contribution in [0.2, 0.25) is 0 Å². The van der Waals surface area contributed by atoms with Crippen molar-refractivity contribution in [2.24, 2.45) is 0 Å². The van der Waals surface area contributed by atoms with Gasteiger partial charge in [-0.1, -0.05) is 6.07 Å². The molecule has 2 aromatic rings. The zero-order valence-corrected chi connectivity index (χ0v) is 13.1. The van der Waals surface area contributed by atoms with Gasteiger partial charge in [0, 0.05) is 49.1 Å². The summed E-state index contributed by atoms with van der Waals surface area (Å²) in [4.78, 5) is 10.5. The number of nitrogens with one attached hydrogen (secondary N) is 1. The fourth-order valence-corrected chi connectivity index (χ4v) is 2.87. The van der Waals surface area contributed by atoms with Gasteiger partial charge < -0.3 is 5.32 Å². The van der Waals surface area contributed by atoms with Gasteiger partial charge in [-0.05, 0) is 25.8 Å². The minimum Gasteiger partial charge on any atom is -0.367 e. The fourth-order valence-electron chi connectivity index (χ4n) is 2.87. The van der Waals surface area contributed by atoms with E-state index in [1.807, 2.05) is 13.0 Å². The summed E-state index contributed by atoms with van der Waals surface area (Å²) in [5.41, 5.74) is 1.48. The summed E-state index contributed by atoms with van der Waals surface area (Å²) < 4.78 is 26.7. The lowest BCUT2D eigenvalue weighted by atomic mass is 10.0. The van der Waals surface area contributed by atoms with E-state index in [0.29, 0.717) is 18.2 Å². The highest BCUT2D eigenvalue weighted by molar-refractivity contribution is 5.35. The van der Waals surface area contributed by atoms with Crippen molar-refractivity contribution in [1.29, 1.82) is 0 Å². The molecular formula is C17H20F2N4. The van der Waals surface area contributed by atoms with Crippen LogP contribution in [0.4, 0.5) is 14.6 Å². The third kappa shape index (κ3) is 4.22. The van der Waals surface area contributed by atoms with E-state index in [0.717, 1.165) is 43.5 Å². The summed E-state index contributed by atoms with van der Waals surface area (Å²) in [6, 6.07) is 6.07. The molecule has 0 unspecified atom stereocenters. The molecule has 4 nitrogen and oxygen atoms in total. The molecule has 0 spiro atoms. The van der Waals surface area contributed by atoms with Gasteiger partial charge in [0.1, 0.15) is 23.8 Å². The van der Waals surface area contributed by atoms with Gasteiger partial charge in [0.05, 0.1) is 0 Å². The van der Waals surface area contributed by atoms with Crippen LogP contribution in [0.3, 0.4) is 0 Å². The molecule has 0 atom stereocenters. The SMILES string of the molecule is Cc1cc(NC2CCN(Cc3ccc(F)cc3F)CC2)ncn1. The first-order chi connectivity index (χ1) is 11.1. The number of nitrogens with zero attached hydrogens (tertiary/aromatic N) is 3. The topological polar surface area (TPSA) is 41.0 Å². The van der Waals surface area contributed by atoms with E-state index in [1.54, 1.807) is 6.33 Å². The van der Waals surface area contributed by atoms with E-state index in [2.05, 4.69) is 20.2 Å². The maximum absolute atomic E-state index is 13.7. The van der Waals surface area contributed by atoms with Gasteiger partial charge in [-0.3, -0.25) is 4.90 Å². The first kappa shape index (κ1) is 15.8. The summed E-state index contributed by atoms with van der Waals surface area (Å²) in [5, 5.41) is 3.42. The Hall–Kier alpha value is -2.08. The van der Waals surface area contributed by atoms with E-state index in [-0.39, 0.29) is 0 Å². The molecule has 1 aromatic heterocycles. The Kier molecular flexibility index (Phi) is 4.81. The smallest absolute Gasteiger partial charge is 0.130 e. The van der Waals surface area contributed by atoms with Crippen molar-refractivity contribution in [3.8, 4) is 0 Å². The summed E-state index contributed by atoms with van der Waals surface area (Å²) in [5.74, 6) is -0.156. The summed E-state index contributed by atoms with van der Waals surface area (Å²) in [6.45, 7) is 4.20. The average molecular weight is 318 g/mol. The molecule has 1 aromatic carbocycles. The summed E-state index contributed by atoms with van der Waals surface area (Å²) in [6.07, 6.45) is 3.49. The first-order valence-corrected chi connectivity index (χ1v) is 7.81. The van der Waals surface area contributed by atoms with E-state index in [4.69, 9.17) is 0 Å². The van der Waals surface area contributed by atoms with E-state index in [9.17, 15) is 8.78 Å². The van der Waals surface area contributed by atoms with Gasteiger partial charge in [-0.15, -0.1) is 0 Å². The maximum atomic E-state index is 13.7. The molecule has 2 heterocycles. The predicted octanol–water partition coefficient (Wildman–Crippen LogP) is 3.14. The number of rotatable bonds is 4. The van der Waals surface area contributed by atoms with Crippen LogP contribution >= 0.6 is 0 Å².